The number of fused-ring (bicyclic) bond motifs is 2. The number of benzene rings is 10. The third-order valence-corrected chi connectivity index (χ3v) is 15.4. The summed E-state index contributed by atoms with van der Waals surface area (Å²) in [4.78, 5) is 5.04. The molecule has 0 aliphatic carbocycles. The van der Waals surface area contributed by atoms with Gasteiger partial charge in [-0.25, -0.2) is 4.98 Å². The van der Waals surface area contributed by atoms with Crippen LogP contribution < -0.4 is 9.30 Å². The number of nitrogens with zero attached hydrogens (tertiary/aromatic N) is 5. The average molecular weight is 976 g/mol. The molecule has 0 fully saturated rings. The molecule has 14 aromatic rings. The summed E-state index contributed by atoms with van der Waals surface area (Å²) in [6.45, 7) is 6.75. The van der Waals surface area contributed by atoms with Gasteiger partial charge in [0.1, 0.15) is 17.3 Å². The maximum Gasteiger partial charge on any atom is 0.269 e. The summed E-state index contributed by atoms with van der Waals surface area (Å²) >= 11 is 0. The van der Waals surface area contributed by atoms with Gasteiger partial charge in [-0.15, -0.1) is 0 Å². The molecular weight excluding hydrogens is 927 g/mol. The Morgan fingerprint density at radius 1 is 0.408 bits per heavy atom. The Morgan fingerprint density at radius 2 is 1.00 bits per heavy atom. The van der Waals surface area contributed by atoms with Crippen molar-refractivity contribution in [2.45, 2.75) is 26.2 Å². The second-order valence-corrected chi connectivity index (χ2v) is 21.0. The molecule has 18 rings (SSSR count). The Bertz CT molecular complexity index is 4660. The number of para-hydroxylation sites is 4. The van der Waals surface area contributed by atoms with Crippen molar-refractivity contribution in [2.75, 3.05) is 0 Å². The summed E-state index contributed by atoms with van der Waals surface area (Å²) in [5.74, 6) is 2.31. The maximum atomic E-state index is 6.92. The Labute approximate surface area is 440 Å². The SMILES string of the molecule is CC(C)(C)c1ccnc(-n2c3ccc4cc3c3ccc(cc32)Oc2cccc(c2)-n2[c-][n+](c3ccccc32)-c2c(-c3ccccc3)cccc2-c2cccc(c2)-n2c3ccccc3c3cc(ccc32)-c2ccccc2-4)c1. The number of ether oxygens (including phenoxy) is 1. The van der Waals surface area contributed by atoms with Crippen LogP contribution >= 0.6 is 0 Å². The summed E-state index contributed by atoms with van der Waals surface area (Å²) in [7, 11) is 0. The second-order valence-electron chi connectivity index (χ2n) is 21.0. The van der Waals surface area contributed by atoms with E-state index in [0.717, 1.165) is 106 Å². The van der Waals surface area contributed by atoms with Gasteiger partial charge in [-0.3, -0.25) is 13.7 Å². The zero-order valence-corrected chi connectivity index (χ0v) is 42.2. The predicted molar refractivity (Wildman–Crippen MR) is 311 cm³/mol. The van der Waals surface area contributed by atoms with E-state index in [9.17, 15) is 0 Å². The molecule has 0 atom stereocenters. The van der Waals surface area contributed by atoms with Crippen LogP contribution in [-0.4, -0.2) is 18.7 Å². The highest BCUT2D eigenvalue weighted by atomic mass is 16.5. The van der Waals surface area contributed by atoms with Crippen molar-refractivity contribution in [3.8, 4) is 78.9 Å². The molecule has 0 N–H and O–H groups in total. The minimum Gasteiger partial charge on any atom is -0.458 e. The number of hydrogen-bond donors (Lipinski definition) is 0. The molecule has 15 bridgehead atoms. The van der Waals surface area contributed by atoms with Gasteiger partial charge in [0.25, 0.3) is 6.33 Å². The van der Waals surface area contributed by atoms with Gasteiger partial charge in [0.15, 0.2) is 0 Å². The van der Waals surface area contributed by atoms with Crippen LogP contribution in [0.1, 0.15) is 26.3 Å². The lowest BCUT2D eigenvalue weighted by Crippen LogP contribution is -2.31. The van der Waals surface area contributed by atoms with Gasteiger partial charge in [0, 0.05) is 39.5 Å². The van der Waals surface area contributed by atoms with Crippen LogP contribution in [0.25, 0.3) is 122 Å². The number of hydrogen-bond acceptors (Lipinski definition) is 2. The summed E-state index contributed by atoms with van der Waals surface area (Å²) < 4.78 is 16.0. The molecule has 10 aromatic carbocycles. The second kappa shape index (κ2) is 16.9. The molecule has 4 aromatic heterocycles. The number of imidazole rings is 1. The molecule has 8 heterocycles. The number of pyridine rings is 1. The zero-order chi connectivity index (χ0) is 50.6. The topological polar surface area (TPSA) is 40.8 Å². The minimum atomic E-state index is -0.0686. The van der Waals surface area contributed by atoms with Gasteiger partial charge in [-0.05, 0) is 140 Å². The summed E-state index contributed by atoms with van der Waals surface area (Å²) in [5.41, 5.74) is 19.7. The first-order valence-electron chi connectivity index (χ1n) is 26.0. The molecule has 6 nitrogen and oxygen atoms in total. The van der Waals surface area contributed by atoms with Gasteiger partial charge in [0.2, 0.25) is 0 Å². The van der Waals surface area contributed by atoms with Crippen molar-refractivity contribution in [3.05, 3.63) is 255 Å². The highest BCUT2D eigenvalue weighted by molar-refractivity contribution is 6.13. The van der Waals surface area contributed by atoms with Gasteiger partial charge in [-0.2, -0.15) is 0 Å². The Hall–Kier alpha value is -9.78. The van der Waals surface area contributed by atoms with Crippen molar-refractivity contribution >= 4 is 54.6 Å². The molecule has 0 amide bonds. The molecule has 4 aliphatic heterocycles. The molecular formula is C70H49N5O. The summed E-state index contributed by atoms with van der Waals surface area (Å²) in [6, 6.07) is 85.6. The lowest BCUT2D eigenvalue weighted by molar-refractivity contribution is -0.571. The maximum absolute atomic E-state index is 6.92. The van der Waals surface area contributed by atoms with E-state index in [2.05, 4.69) is 276 Å². The van der Waals surface area contributed by atoms with Crippen molar-refractivity contribution in [1.82, 2.24) is 18.7 Å². The lowest BCUT2D eigenvalue weighted by atomic mass is 9.88. The van der Waals surface area contributed by atoms with E-state index in [1.165, 1.54) is 27.5 Å². The smallest absolute Gasteiger partial charge is 0.269 e. The van der Waals surface area contributed by atoms with E-state index in [-0.39, 0.29) is 5.41 Å². The minimum absolute atomic E-state index is 0.0686. The van der Waals surface area contributed by atoms with Crippen molar-refractivity contribution < 1.29 is 9.30 Å². The fourth-order valence-electron chi connectivity index (χ4n) is 11.8. The highest BCUT2D eigenvalue weighted by Gasteiger charge is 2.24. The molecule has 0 spiro atoms. The van der Waals surface area contributed by atoms with Crippen LogP contribution in [0.3, 0.4) is 0 Å². The van der Waals surface area contributed by atoms with E-state index in [1.807, 2.05) is 12.3 Å². The van der Waals surface area contributed by atoms with Gasteiger partial charge < -0.3 is 9.30 Å². The van der Waals surface area contributed by atoms with Crippen molar-refractivity contribution in [1.29, 1.82) is 0 Å². The van der Waals surface area contributed by atoms with Gasteiger partial charge in [-0.1, -0.05) is 166 Å². The van der Waals surface area contributed by atoms with Crippen molar-refractivity contribution in [3.63, 3.8) is 0 Å². The standard InChI is InChI=1S/C70H49N5O/c1-70(2,3)49-36-37-71-68(41-49)75-64-35-31-48-40-61(64)59-33-32-53(43-67(59)75)76-52-21-14-19-50(42-52)72-44-73(66-29-12-11-28-65(66)72)69-56(45-16-5-4-6-17-45)25-15-26-57(69)46-18-13-20-51(38-46)74-62-27-10-9-24-58(62)60-39-47(30-34-63(60)74)54-22-7-8-23-55(48)54/h4-43H,1-3H3. The molecule has 6 heteroatoms. The van der Waals surface area contributed by atoms with Crippen LogP contribution in [0.4, 0.5) is 0 Å². The van der Waals surface area contributed by atoms with E-state index in [0.29, 0.717) is 5.75 Å². The molecule has 4 aliphatic rings. The summed E-state index contributed by atoms with van der Waals surface area (Å²) in [6.07, 6.45) is 5.83. The molecule has 360 valence electrons. The molecule has 76 heavy (non-hydrogen) atoms. The summed E-state index contributed by atoms with van der Waals surface area (Å²) in [5, 5.41) is 4.66. The largest absolute Gasteiger partial charge is 0.458 e. The van der Waals surface area contributed by atoms with Crippen LogP contribution in [0.2, 0.25) is 0 Å². The fraction of sp³-hybridized carbons (Fsp3) is 0.0571. The van der Waals surface area contributed by atoms with Gasteiger partial charge in [0.05, 0.1) is 44.5 Å². The van der Waals surface area contributed by atoms with Crippen molar-refractivity contribution in [2.24, 2.45) is 0 Å². The monoisotopic (exact) mass is 975 g/mol. The lowest BCUT2D eigenvalue weighted by Gasteiger charge is -2.20. The third kappa shape index (κ3) is 6.95. The fourth-order valence-corrected chi connectivity index (χ4v) is 11.8. The van der Waals surface area contributed by atoms with Crippen LogP contribution in [0.15, 0.2) is 243 Å². The Kier molecular flexibility index (Phi) is 9.72. The van der Waals surface area contributed by atoms with Gasteiger partial charge >= 0.3 is 0 Å². The van der Waals surface area contributed by atoms with Crippen LogP contribution in [0.5, 0.6) is 11.5 Å². The van der Waals surface area contributed by atoms with E-state index in [1.54, 1.807) is 0 Å². The Balaban J connectivity index is 1.02. The van der Waals surface area contributed by atoms with E-state index < -0.39 is 0 Å². The zero-order valence-electron chi connectivity index (χ0n) is 42.2. The van der Waals surface area contributed by atoms with E-state index in [4.69, 9.17) is 9.72 Å². The average Bonchev–Trinajstić information content (AvgIpc) is 4.14. The third-order valence-electron chi connectivity index (χ3n) is 15.4. The molecule has 0 saturated carbocycles. The first-order valence-corrected chi connectivity index (χ1v) is 26.0. The number of rotatable bonds is 2. The predicted octanol–water partition coefficient (Wildman–Crippen LogP) is 17.4. The molecule has 0 unspecified atom stereocenters. The van der Waals surface area contributed by atoms with Crippen LogP contribution in [0, 0.1) is 6.33 Å². The molecule has 0 saturated heterocycles. The first-order chi connectivity index (χ1) is 37.3. The quantitative estimate of drug-likeness (QED) is 0.128. The van der Waals surface area contributed by atoms with Crippen LogP contribution in [-0.2, 0) is 5.41 Å². The normalized spacial score (nSPS) is 12.2. The van der Waals surface area contributed by atoms with E-state index >= 15 is 0 Å². The molecule has 0 radical (unpaired) electrons. The Morgan fingerprint density at radius 3 is 1.79 bits per heavy atom. The highest BCUT2D eigenvalue weighted by Crippen LogP contribution is 2.43. The number of aromatic nitrogens is 5. The first kappa shape index (κ1) is 43.8.